The van der Waals surface area contributed by atoms with Gasteiger partial charge in [-0.2, -0.15) is 4.68 Å². The van der Waals surface area contributed by atoms with Crippen molar-refractivity contribution in [3.8, 4) is 5.69 Å². The van der Waals surface area contributed by atoms with E-state index in [4.69, 9.17) is 0 Å². The maximum atomic E-state index is 11.6. The molecule has 1 N–H and O–H groups in total. The van der Waals surface area contributed by atoms with Crippen molar-refractivity contribution in [2.45, 2.75) is 11.4 Å². The normalized spacial score (nSPS) is 11.6. The van der Waals surface area contributed by atoms with Crippen molar-refractivity contribution in [1.82, 2.24) is 20.2 Å². The van der Waals surface area contributed by atoms with Gasteiger partial charge in [0.1, 0.15) is 0 Å². The first-order chi connectivity index (χ1) is 13.0. The molecule has 7 nitrogen and oxygen atoms in total. The molecule has 0 unspecified atom stereocenters. The molecule has 0 fully saturated rings. The van der Waals surface area contributed by atoms with Gasteiger partial charge in [-0.3, -0.25) is 0 Å². The Morgan fingerprint density at radius 2 is 1.70 bits per heavy atom. The van der Waals surface area contributed by atoms with Crippen LogP contribution in [0.15, 0.2) is 71.6 Å². The molecule has 27 heavy (non-hydrogen) atoms. The van der Waals surface area contributed by atoms with E-state index in [1.54, 1.807) is 28.9 Å². The molecule has 0 amide bonds. The zero-order chi connectivity index (χ0) is 18.9. The average molecular weight is 379 g/mol. The van der Waals surface area contributed by atoms with E-state index in [0.717, 1.165) is 16.5 Å². The molecular formula is C19H17N5O2S. The summed E-state index contributed by atoms with van der Waals surface area (Å²) in [5.74, 6) is 0.620. The van der Waals surface area contributed by atoms with Gasteiger partial charge in [0.2, 0.25) is 0 Å². The highest BCUT2D eigenvalue weighted by atomic mass is 32.2. The SMILES string of the molecule is CS(=O)(=O)c1ccc(-n2nnnc2CNc2cccc3ccccc23)cc1. The van der Waals surface area contributed by atoms with Crippen LogP contribution in [0.25, 0.3) is 16.5 Å². The molecule has 4 aromatic rings. The molecule has 8 heteroatoms. The van der Waals surface area contributed by atoms with Gasteiger partial charge in [-0.15, -0.1) is 5.10 Å². The minimum absolute atomic E-state index is 0.259. The zero-order valence-electron chi connectivity index (χ0n) is 14.6. The first-order valence-corrected chi connectivity index (χ1v) is 10.2. The number of anilines is 1. The lowest BCUT2D eigenvalue weighted by Gasteiger charge is -2.10. The second-order valence-electron chi connectivity index (χ2n) is 6.15. The lowest BCUT2D eigenvalue weighted by atomic mass is 10.1. The van der Waals surface area contributed by atoms with Gasteiger partial charge < -0.3 is 5.32 Å². The van der Waals surface area contributed by atoms with E-state index >= 15 is 0 Å². The predicted molar refractivity (Wildman–Crippen MR) is 104 cm³/mol. The molecule has 0 spiro atoms. The summed E-state index contributed by atoms with van der Waals surface area (Å²) in [6, 6.07) is 20.7. The number of hydrogen-bond acceptors (Lipinski definition) is 6. The van der Waals surface area contributed by atoms with E-state index in [0.29, 0.717) is 18.1 Å². The molecule has 0 aliphatic rings. The molecule has 3 aromatic carbocycles. The Hall–Kier alpha value is -3.26. The molecule has 1 heterocycles. The van der Waals surface area contributed by atoms with Crippen LogP contribution in [0.2, 0.25) is 0 Å². The highest BCUT2D eigenvalue weighted by Crippen LogP contribution is 2.23. The summed E-state index contributed by atoms with van der Waals surface area (Å²) >= 11 is 0. The standard InChI is InChI=1S/C19H17N5O2S/c1-27(25,26)16-11-9-15(10-12-16)24-19(21-22-23-24)13-20-18-8-4-6-14-5-2-3-7-17(14)18/h2-12,20H,13H2,1H3. The van der Waals surface area contributed by atoms with Crippen LogP contribution < -0.4 is 5.32 Å². The maximum Gasteiger partial charge on any atom is 0.175 e. The van der Waals surface area contributed by atoms with Crippen LogP contribution in [0, 0.1) is 0 Å². The molecule has 0 aliphatic carbocycles. The fraction of sp³-hybridized carbons (Fsp3) is 0.105. The molecule has 4 rings (SSSR count). The van der Waals surface area contributed by atoms with E-state index in [1.807, 2.05) is 24.3 Å². The number of rotatable bonds is 5. The topological polar surface area (TPSA) is 89.8 Å². The van der Waals surface area contributed by atoms with E-state index in [2.05, 4.69) is 39.0 Å². The Morgan fingerprint density at radius 1 is 0.963 bits per heavy atom. The molecule has 0 aliphatic heterocycles. The Bertz CT molecular complexity index is 1190. The van der Waals surface area contributed by atoms with Crippen molar-refractivity contribution in [1.29, 1.82) is 0 Å². The summed E-state index contributed by atoms with van der Waals surface area (Å²) in [5, 5.41) is 17.5. The molecule has 1 aromatic heterocycles. The number of benzene rings is 3. The Kier molecular flexibility index (Phi) is 4.33. The fourth-order valence-corrected chi connectivity index (χ4v) is 3.54. The number of fused-ring (bicyclic) bond motifs is 1. The first-order valence-electron chi connectivity index (χ1n) is 8.32. The monoisotopic (exact) mass is 379 g/mol. The third-order valence-corrected chi connectivity index (χ3v) is 5.40. The van der Waals surface area contributed by atoms with E-state index < -0.39 is 9.84 Å². The quantitative estimate of drug-likeness (QED) is 0.573. The van der Waals surface area contributed by atoms with E-state index in [-0.39, 0.29) is 4.90 Å². The molecule has 0 bridgehead atoms. The van der Waals surface area contributed by atoms with Gasteiger partial charge >= 0.3 is 0 Å². The van der Waals surface area contributed by atoms with Crippen LogP contribution in [-0.2, 0) is 16.4 Å². The zero-order valence-corrected chi connectivity index (χ0v) is 15.4. The summed E-state index contributed by atoms with van der Waals surface area (Å²) < 4.78 is 24.8. The molecule has 0 radical (unpaired) electrons. The first kappa shape index (κ1) is 17.2. The second kappa shape index (κ2) is 6.81. The molecule has 0 saturated carbocycles. The lowest BCUT2D eigenvalue weighted by molar-refractivity contribution is 0.602. The van der Waals surface area contributed by atoms with Crippen LogP contribution >= 0.6 is 0 Å². The van der Waals surface area contributed by atoms with Crippen molar-refractivity contribution in [2.75, 3.05) is 11.6 Å². The average Bonchev–Trinajstić information content (AvgIpc) is 3.14. The smallest absolute Gasteiger partial charge is 0.175 e. The Morgan fingerprint density at radius 3 is 2.48 bits per heavy atom. The predicted octanol–water partition coefficient (Wildman–Crippen LogP) is 2.83. The minimum atomic E-state index is -3.24. The van der Waals surface area contributed by atoms with Gasteiger partial charge in [0.15, 0.2) is 15.7 Å². The number of hydrogen-bond donors (Lipinski definition) is 1. The molecule has 0 saturated heterocycles. The lowest BCUT2D eigenvalue weighted by Crippen LogP contribution is -2.09. The Labute approximate surface area is 156 Å². The third-order valence-electron chi connectivity index (χ3n) is 4.27. The maximum absolute atomic E-state index is 11.6. The van der Waals surface area contributed by atoms with Gasteiger partial charge in [0.25, 0.3) is 0 Å². The second-order valence-corrected chi connectivity index (χ2v) is 8.17. The molecular weight excluding hydrogens is 362 g/mol. The van der Waals surface area contributed by atoms with Crippen LogP contribution in [0.1, 0.15) is 5.82 Å². The number of aromatic nitrogens is 4. The van der Waals surface area contributed by atoms with Crippen molar-refractivity contribution >= 4 is 26.3 Å². The highest BCUT2D eigenvalue weighted by Gasteiger charge is 2.11. The van der Waals surface area contributed by atoms with Crippen LogP contribution in [0.3, 0.4) is 0 Å². The number of tetrazole rings is 1. The van der Waals surface area contributed by atoms with Crippen molar-refractivity contribution in [3.63, 3.8) is 0 Å². The number of sulfone groups is 1. The summed E-state index contributed by atoms with van der Waals surface area (Å²) in [6.07, 6.45) is 1.18. The number of nitrogens with one attached hydrogen (secondary N) is 1. The van der Waals surface area contributed by atoms with Gasteiger partial charge in [-0.05, 0) is 46.1 Å². The third kappa shape index (κ3) is 3.52. The van der Waals surface area contributed by atoms with Crippen molar-refractivity contribution in [3.05, 3.63) is 72.6 Å². The fourth-order valence-electron chi connectivity index (χ4n) is 2.90. The van der Waals surface area contributed by atoms with Crippen molar-refractivity contribution < 1.29 is 8.42 Å². The largest absolute Gasteiger partial charge is 0.377 e. The Balaban J connectivity index is 1.59. The molecule has 136 valence electrons. The van der Waals surface area contributed by atoms with Gasteiger partial charge in [0, 0.05) is 17.3 Å². The minimum Gasteiger partial charge on any atom is -0.377 e. The van der Waals surface area contributed by atoms with Gasteiger partial charge in [-0.1, -0.05) is 36.4 Å². The van der Waals surface area contributed by atoms with Gasteiger partial charge in [-0.25, -0.2) is 8.42 Å². The summed E-state index contributed by atoms with van der Waals surface area (Å²) in [5.41, 5.74) is 1.69. The highest BCUT2D eigenvalue weighted by molar-refractivity contribution is 7.90. The van der Waals surface area contributed by atoms with Gasteiger partial charge in [0.05, 0.1) is 17.1 Å². The van der Waals surface area contributed by atoms with E-state index in [9.17, 15) is 8.42 Å². The summed E-state index contributed by atoms with van der Waals surface area (Å²) in [4.78, 5) is 0.259. The summed E-state index contributed by atoms with van der Waals surface area (Å²) in [7, 11) is -3.24. The van der Waals surface area contributed by atoms with E-state index in [1.165, 1.54) is 6.26 Å². The summed E-state index contributed by atoms with van der Waals surface area (Å²) in [6.45, 7) is 0.425. The van der Waals surface area contributed by atoms with Crippen LogP contribution in [0.4, 0.5) is 5.69 Å². The van der Waals surface area contributed by atoms with Crippen LogP contribution in [0.5, 0.6) is 0 Å². The number of nitrogens with zero attached hydrogens (tertiary/aromatic N) is 4. The van der Waals surface area contributed by atoms with Crippen molar-refractivity contribution in [2.24, 2.45) is 0 Å². The van der Waals surface area contributed by atoms with Crippen LogP contribution in [-0.4, -0.2) is 34.9 Å². The molecule has 0 atom stereocenters.